The van der Waals surface area contributed by atoms with Crippen LogP contribution in [-0.4, -0.2) is 23.9 Å². The Kier molecular flexibility index (Phi) is 6.78. The number of benzene rings is 2. The quantitative estimate of drug-likeness (QED) is 0.526. The number of amides is 2. The highest BCUT2D eigenvalue weighted by molar-refractivity contribution is 6.05. The number of hydrogen-bond acceptors (Lipinski definition) is 5. The summed E-state index contributed by atoms with van der Waals surface area (Å²) in [4.78, 5) is 28.3. The van der Waals surface area contributed by atoms with E-state index in [1.807, 2.05) is 24.3 Å². The zero-order chi connectivity index (χ0) is 21.3. The fourth-order valence-corrected chi connectivity index (χ4v) is 2.65. The van der Waals surface area contributed by atoms with Crippen molar-refractivity contribution in [1.29, 1.82) is 0 Å². The van der Waals surface area contributed by atoms with Gasteiger partial charge in [0.15, 0.2) is 0 Å². The van der Waals surface area contributed by atoms with Gasteiger partial charge in [0.1, 0.15) is 5.75 Å². The number of carbonyl (C=O) groups excluding carboxylic acids is 2. The molecule has 0 atom stereocenters. The van der Waals surface area contributed by atoms with Crippen LogP contribution in [0.4, 0.5) is 11.4 Å². The first-order valence-corrected chi connectivity index (χ1v) is 9.25. The number of carbonyl (C=O) groups is 2. The second-order valence-corrected chi connectivity index (χ2v) is 6.44. The Morgan fingerprint density at radius 3 is 2.67 bits per heavy atom. The first kappa shape index (κ1) is 20.6. The third-order valence-electron chi connectivity index (χ3n) is 4.30. The Hall–Kier alpha value is -4.13. The largest absolute Gasteiger partial charge is 0.497 e. The zero-order valence-corrected chi connectivity index (χ0v) is 16.5. The molecule has 0 bridgehead atoms. The predicted molar refractivity (Wildman–Crippen MR) is 117 cm³/mol. The molecule has 0 saturated carbocycles. The maximum absolute atomic E-state index is 12.3. The van der Waals surface area contributed by atoms with E-state index in [4.69, 9.17) is 10.5 Å². The van der Waals surface area contributed by atoms with E-state index in [9.17, 15) is 9.59 Å². The van der Waals surface area contributed by atoms with E-state index in [2.05, 4.69) is 15.6 Å². The van der Waals surface area contributed by atoms with Gasteiger partial charge in [-0.15, -0.1) is 0 Å². The van der Waals surface area contributed by atoms with Gasteiger partial charge in [-0.2, -0.15) is 0 Å². The van der Waals surface area contributed by atoms with Crippen molar-refractivity contribution in [2.45, 2.75) is 6.54 Å². The highest BCUT2D eigenvalue weighted by atomic mass is 16.5. The summed E-state index contributed by atoms with van der Waals surface area (Å²) >= 11 is 0. The summed E-state index contributed by atoms with van der Waals surface area (Å²) in [7, 11) is 1.60. The Balaban J connectivity index is 1.52. The number of rotatable bonds is 7. The van der Waals surface area contributed by atoms with Crippen molar-refractivity contribution in [2.75, 3.05) is 18.2 Å². The standard InChI is InChI=1S/C23H22N4O3/c1-30-19-4-2-3-16(13-19)7-10-22(28)26-14-17-5-8-18(9-6-17)23(29)27-21-11-12-25-15-20(21)24/h2-13,15H,14,24H2,1H3,(H,26,28)(H,25,27,29)/b10-7+. The van der Waals surface area contributed by atoms with Gasteiger partial charge in [0.05, 0.1) is 24.7 Å². The molecule has 1 heterocycles. The van der Waals surface area contributed by atoms with Crippen LogP contribution in [0.1, 0.15) is 21.5 Å². The van der Waals surface area contributed by atoms with Gasteiger partial charge in [0.25, 0.3) is 5.91 Å². The highest BCUT2D eigenvalue weighted by Gasteiger charge is 2.08. The lowest BCUT2D eigenvalue weighted by Gasteiger charge is -2.08. The SMILES string of the molecule is COc1cccc(/C=C/C(=O)NCc2ccc(C(=O)Nc3ccncc3N)cc2)c1. The molecule has 0 saturated heterocycles. The first-order valence-electron chi connectivity index (χ1n) is 9.25. The number of pyridine rings is 1. The molecular weight excluding hydrogens is 380 g/mol. The molecule has 1 aromatic heterocycles. The van der Waals surface area contributed by atoms with E-state index in [1.165, 1.54) is 12.3 Å². The van der Waals surface area contributed by atoms with Crippen LogP contribution in [0.25, 0.3) is 6.08 Å². The molecule has 30 heavy (non-hydrogen) atoms. The van der Waals surface area contributed by atoms with Crippen LogP contribution in [0.15, 0.2) is 73.1 Å². The van der Waals surface area contributed by atoms with Gasteiger partial charge in [-0.25, -0.2) is 0 Å². The number of ether oxygens (including phenoxy) is 1. The fraction of sp³-hybridized carbons (Fsp3) is 0.0870. The molecule has 3 rings (SSSR count). The van der Waals surface area contributed by atoms with Crippen molar-refractivity contribution in [2.24, 2.45) is 0 Å². The van der Waals surface area contributed by atoms with Gasteiger partial charge >= 0.3 is 0 Å². The minimum Gasteiger partial charge on any atom is -0.497 e. The molecule has 3 aromatic rings. The maximum Gasteiger partial charge on any atom is 0.255 e. The predicted octanol–water partition coefficient (Wildman–Crippen LogP) is 3.25. The molecule has 0 fully saturated rings. The van der Waals surface area contributed by atoms with Gasteiger partial charge in [0, 0.05) is 24.4 Å². The van der Waals surface area contributed by atoms with Crippen LogP contribution in [0.3, 0.4) is 0 Å². The monoisotopic (exact) mass is 402 g/mol. The van der Waals surface area contributed by atoms with Crippen LogP contribution in [0, 0.1) is 0 Å². The second kappa shape index (κ2) is 9.88. The number of nitrogens with zero attached hydrogens (tertiary/aromatic N) is 1. The smallest absolute Gasteiger partial charge is 0.255 e. The van der Waals surface area contributed by atoms with Gasteiger partial charge in [-0.1, -0.05) is 24.3 Å². The molecule has 0 aliphatic carbocycles. The van der Waals surface area contributed by atoms with Gasteiger partial charge in [-0.05, 0) is 47.5 Å². The maximum atomic E-state index is 12.3. The molecule has 0 aliphatic rings. The normalized spacial score (nSPS) is 10.6. The van der Waals surface area contributed by atoms with E-state index >= 15 is 0 Å². The summed E-state index contributed by atoms with van der Waals surface area (Å²) in [5.74, 6) is 0.241. The zero-order valence-electron chi connectivity index (χ0n) is 16.5. The van der Waals surface area contributed by atoms with E-state index in [0.717, 1.165) is 16.9 Å². The van der Waals surface area contributed by atoms with Gasteiger partial charge < -0.3 is 21.1 Å². The Morgan fingerprint density at radius 2 is 1.93 bits per heavy atom. The molecular formula is C23H22N4O3. The van der Waals surface area contributed by atoms with E-state index in [-0.39, 0.29) is 11.8 Å². The van der Waals surface area contributed by atoms with Crippen molar-refractivity contribution in [1.82, 2.24) is 10.3 Å². The average Bonchev–Trinajstić information content (AvgIpc) is 2.78. The summed E-state index contributed by atoms with van der Waals surface area (Å²) in [6, 6.07) is 16.0. The number of methoxy groups -OCH3 is 1. The average molecular weight is 402 g/mol. The van der Waals surface area contributed by atoms with Crippen LogP contribution in [0.5, 0.6) is 5.75 Å². The minimum atomic E-state index is -0.273. The summed E-state index contributed by atoms with van der Waals surface area (Å²) in [5.41, 5.74) is 8.92. The number of nitrogen functional groups attached to an aromatic ring is 1. The molecule has 7 nitrogen and oxygen atoms in total. The molecule has 0 spiro atoms. The summed E-state index contributed by atoms with van der Waals surface area (Å²) < 4.78 is 5.16. The Labute approximate surface area is 174 Å². The number of aromatic nitrogens is 1. The number of nitrogens with one attached hydrogen (secondary N) is 2. The number of anilines is 2. The molecule has 0 unspecified atom stereocenters. The molecule has 4 N–H and O–H groups in total. The van der Waals surface area contributed by atoms with Crippen molar-refractivity contribution >= 4 is 29.3 Å². The van der Waals surface area contributed by atoms with Crippen LogP contribution < -0.4 is 21.1 Å². The number of hydrogen-bond donors (Lipinski definition) is 3. The molecule has 7 heteroatoms. The topological polar surface area (TPSA) is 106 Å². The van der Waals surface area contributed by atoms with Gasteiger partial charge in [0.2, 0.25) is 5.91 Å². The fourth-order valence-electron chi connectivity index (χ4n) is 2.65. The molecule has 2 amide bonds. The minimum absolute atomic E-state index is 0.215. The van der Waals surface area contributed by atoms with Crippen LogP contribution in [0.2, 0.25) is 0 Å². The summed E-state index contributed by atoms with van der Waals surface area (Å²) in [6.07, 6.45) is 6.22. The molecule has 152 valence electrons. The van der Waals surface area contributed by atoms with E-state index < -0.39 is 0 Å². The summed E-state index contributed by atoms with van der Waals surface area (Å²) in [6.45, 7) is 0.348. The lowest BCUT2D eigenvalue weighted by atomic mass is 10.1. The van der Waals surface area contributed by atoms with E-state index in [1.54, 1.807) is 49.7 Å². The van der Waals surface area contributed by atoms with Crippen LogP contribution >= 0.6 is 0 Å². The lowest BCUT2D eigenvalue weighted by Crippen LogP contribution is -2.20. The number of nitrogens with two attached hydrogens (primary N) is 1. The molecule has 2 aromatic carbocycles. The highest BCUT2D eigenvalue weighted by Crippen LogP contribution is 2.17. The van der Waals surface area contributed by atoms with Crippen molar-refractivity contribution < 1.29 is 14.3 Å². The second-order valence-electron chi connectivity index (χ2n) is 6.44. The Bertz CT molecular complexity index is 1060. The van der Waals surface area contributed by atoms with Crippen molar-refractivity contribution in [3.63, 3.8) is 0 Å². The molecule has 0 aliphatic heterocycles. The van der Waals surface area contributed by atoms with Crippen LogP contribution in [-0.2, 0) is 11.3 Å². The molecule has 0 radical (unpaired) electrons. The third-order valence-corrected chi connectivity index (χ3v) is 4.30. The van der Waals surface area contributed by atoms with Crippen molar-refractivity contribution in [3.8, 4) is 5.75 Å². The van der Waals surface area contributed by atoms with Gasteiger partial charge in [-0.3, -0.25) is 14.6 Å². The first-order chi connectivity index (χ1) is 14.5. The third kappa shape index (κ3) is 5.68. The Morgan fingerprint density at radius 1 is 1.13 bits per heavy atom. The van der Waals surface area contributed by atoms with Crippen molar-refractivity contribution in [3.05, 3.63) is 89.8 Å². The summed E-state index contributed by atoms with van der Waals surface area (Å²) in [5, 5.41) is 5.56. The lowest BCUT2D eigenvalue weighted by molar-refractivity contribution is -0.116. The van der Waals surface area contributed by atoms with E-state index in [0.29, 0.717) is 23.5 Å².